The molecule has 0 spiro atoms. The van der Waals surface area contributed by atoms with Crippen molar-refractivity contribution in [2.24, 2.45) is 0 Å². The highest BCUT2D eigenvalue weighted by Crippen LogP contribution is 2.31. The van der Waals surface area contributed by atoms with Crippen LogP contribution in [0.1, 0.15) is 22.8 Å². The first kappa shape index (κ1) is 22.5. The van der Waals surface area contributed by atoms with Crippen molar-refractivity contribution in [1.29, 1.82) is 0 Å². The molecule has 0 aliphatic rings. The number of nitrogens with zero attached hydrogens (tertiary/aromatic N) is 2. The van der Waals surface area contributed by atoms with E-state index in [4.69, 9.17) is 0 Å². The number of pyridine rings is 2. The van der Waals surface area contributed by atoms with E-state index in [9.17, 15) is 22.8 Å². The average Bonchev–Trinajstić information content (AvgIpc) is 2.74. The Bertz CT molecular complexity index is 1090. The predicted molar refractivity (Wildman–Crippen MR) is 114 cm³/mol. The van der Waals surface area contributed by atoms with Gasteiger partial charge >= 0.3 is 12.2 Å². The lowest BCUT2D eigenvalue weighted by atomic mass is 10.1. The molecule has 0 saturated carbocycles. The third-order valence-corrected chi connectivity index (χ3v) is 4.14. The molecule has 0 aliphatic carbocycles. The highest BCUT2D eigenvalue weighted by molar-refractivity contribution is 6.08. The van der Waals surface area contributed by atoms with Gasteiger partial charge in [-0.1, -0.05) is 0 Å². The maximum atomic E-state index is 12.8. The molecule has 0 fully saturated rings. The van der Waals surface area contributed by atoms with Crippen LogP contribution in [0.5, 0.6) is 0 Å². The number of hydrogen-bond acceptors (Lipinski definition) is 5. The van der Waals surface area contributed by atoms with Crippen molar-refractivity contribution in [1.82, 2.24) is 15.3 Å². The molecule has 4 N–H and O–H groups in total. The molecule has 3 amide bonds. The summed E-state index contributed by atoms with van der Waals surface area (Å²) in [6.45, 7) is 2.14. The minimum absolute atomic E-state index is 0.107. The molecule has 3 aromatic rings. The molecule has 0 unspecified atom stereocenters. The number of alkyl halides is 3. The number of nitrogens with one attached hydrogen (secondary N) is 4. The van der Waals surface area contributed by atoms with Crippen LogP contribution in [0.15, 0.2) is 61.1 Å². The first-order valence-corrected chi connectivity index (χ1v) is 9.47. The molecule has 8 nitrogen and oxygen atoms in total. The molecule has 0 bridgehead atoms. The van der Waals surface area contributed by atoms with Gasteiger partial charge in [-0.05, 0) is 43.3 Å². The fourth-order valence-electron chi connectivity index (χ4n) is 2.66. The Morgan fingerprint density at radius 1 is 1.00 bits per heavy atom. The lowest BCUT2D eigenvalue weighted by Gasteiger charge is -2.15. The summed E-state index contributed by atoms with van der Waals surface area (Å²) in [4.78, 5) is 32.6. The van der Waals surface area contributed by atoms with Crippen molar-refractivity contribution in [3.05, 3.63) is 72.2 Å². The Hall–Kier alpha value is -4.15. The van der Waals surface area contributed by atoms with Crippen molar-refractivity contribution in [2.45, 2.75) is 13.1 Å². The molecule has 1 aromatic carbocycles. The van der Waals surface area contributed by atoms with Gasteiger partial charge in [-0.3, -0.25) is 15.1 Å². The number of carbonyl (C=O) groups excluding carboxylic acids is 2. The first-order valence-electron chi connectivity index (χ1n) is 9.47. The van der Waals surface area contributed by atoms with Crippen LogP contribution in [0.3, 0.4) is 0 Å². The minimum atomic E-state index is -4.46. The summed E-state index contributed by atoms with van der Waals surface area (Å²) in [6, 6.07) is 8.53. The number of halogens is 3. The maximum absolute atomic E-state index is 12.8. The van der Waals surface area contributed by atoms with Gasteiger partial charge in [0, 0.05) is 30.7 Å². The van der Waals surface area contributed by atoms with Gasteiger partial charge in [0.05, 0.1) is 28.7 Å². The Morgan fingerprint density at radius 2 is 1.75 bits per heavy atom. The van der Waals surface area contributed by atoms with Crippen molar-refractivity contribution >= 4 is 34.8 Å². The highest BCUT2D eigenvalue weighted by atomic mass is 19.4. The number of carbonyl (C=O) groups is 2. The molecule has 166 valence electrons. The van der Waals surface area contributed by atoms with Gasteiger partial charge in [0.25, 0.3) is 5.91 Å². The summed E-state index contributed by atoms with van der Waals surface area (Å²) in [5.74, 6) is -0.382. The molecule has 0 radical (unpaired) electrons. The summed E-state index contributed by atoms with van der Waals surface area (Å²) in [5.41, 5.74) is 0.292. The molecular weight excluding hydrogens is 425 g/mol. The molecule has 11 heteroatoms. The third-order valence-electron chi connectivity index (χ3n) is 4.14. The van der Waals surface area contributed by atoms with Gasteiger partial charge in [-0.25, -0.2) is 9.78 Å². The summed E-state index contributed by atoms with van der Waals surface area (Å²) < 4.78 is 38.5. The van der Waals surface area contributed by atoms with Gasteiger partial charge < -0.3 is 16.0 Å². The van der Waals surface area contributed by atoms with E-state index in [0.29, 0.717) is 17.9 Å². The van der Waals surface area contributed by atoms with E-state index in [0.717, 1.165) is 12.1 Å². The fraction of sp³-hybridized carbons (Fsp3) is 0.143. The van der Waals surface area contributed by atoms with Crippen LogP contribution >= 0.6 is 0 Å². The molecule has 0 atom stereocenters. The van der Waals surface area contributed by atoms with Crippen LogP contribution in [-0.4, -0.2) is 28.5 Å². The lowest BCUT2D eigenvalue weighted by Crippen LogP contribution is -2.28. The summed E-state index contributed by atoms with van der Waals surface area (Å²) in [7, 11) is 0. The third kappa shape index (κ3) is 5.94. The molecule has 2 aromatic heterocycles. The molecule has 3 rings (SSSR count). The number of amides is 3. The molecule has 32 heavy (non-hydrogen) atoms. The number of benzene rings is 1. The SMILES string of the molecule is CCNC(=O)Nc1cc(Nc2ccc(C(F)(F)F)cc2)c(C(=O)Nc2cccnc2)cn1. The number of rotatable bonds is 6. The Morgan fingerprint density at radius 3 is 2.38 bits per heavy atom. The zero-order valence-corrected chi connectivity index (χ0v) is 16.8. The second kappa shape index (κ2) is 9.77. The largest absolute Gasteiger partial charge is 0.416 e. The zero-order chi connectivity index (χ0) is 23.1. The maximum Gasteiger partial charge on any atom is 0.416 e. The summed E-state index contributed by atoms with van der Waals surface area (Å²) >= 11 is 0. The van der Waals surface area contributed by atoms with E-state index in [2.05, 4.69) is 31.2 Å². The van der Waals surface area contributed by atoms with Gasteiger partial charge in [-0.2, -0.15) is 13.2 Å². The quantitative estimate of drug-likeness (QED) is 0.443. The smallest absolute Gasteiger partial charge is 0.355 e. The number of aromatic nitrogens is 2. The van der Waals surface area contributed by atoms with Crippen molar-refractivity contribution < 1.29 is 22.8 Å². The fourth-order valence-corrected chi connectivity index (χ4v) is 2.66. The van der Waals surface area contributed by atoms with Crippen LogP contribution in [-0.2, 0) is 6.18 Å². The second-order valence-electron chi connectivity index (χ2n) is 6.50. The first-order chi connectivity index (χ1) is 15.3. The van der Waals surface area contributed by atoms with E-state index in [-0.39, 0.29) is 17.1 Å². The normalized spacial score (nSPS) is 10.9. The monoisotopic (exact) mass is 444 g/mol. The van der Waals surface area contributed by atoms with Crippen LogP contribution in [0.4, 0.5) is 40.8 Å². The molecule has 2 heterocycles. The number of hydrogen-bond donors (Lipinski definition) is 4. The predicted octanol–water partition coefficient (Wildman–Crippen LogP) is 4.63. The van der Waals surface area contributed by atoms with Crippen LogP contribution in [0.2, 0.25) is 0 Å². The van der Waals surface area contributed by atoms with Crippen molar-refractivity contribution in [3.8, 4) is 0 Å². The van der Waals surface area contributed by atoms with E-state index in [1.54, 1.807) is 25.3 Å². The number of anilines is 4. The van der Waals surface area contributed by atoms with E-state index in [1.807, 2.05) is 0 Å². The van der Waals surface area contributed by atoms with Crippen molar-refractivity contribution in [2.75, 3.05) is 22.5 Å². The Balaban J connectivity index is 1.90. The molecule has 0 aliphatic heterocycles. The van der Waals surface area contributed by atoms with Crippen LogP contribution in [0.25, 0.3) is 0 Å². The van der Waals surface area contributed by atoms with Crippen LogP contribution < -0.4 is 21.3 Å². The Kier molecular flexibility index (Phi) is 6.88. The summed E-state index contributed by atoms with van der Waals surface area (Å²) in [5, 5.41) is 10.6. The Labute approximate surface area is 181 Å². The lowest BCUT2D eigenvalue weighted by molar-refractivity contribution is -0.137. The van der Waals surface area contributed by atoms with Gasteiger partial charge in [0.15, 0.2) is 0 Å². The van der Waals surface area contributed by atoms with Crippen molar-refractivity contribution in [3.63, 3.8) is 0 Å². The second-order valence-corrected chi connectivity index (χ2v) is 6.50. The van der Waals surface area contributed by atoms with Gasteiger partial charge in [0.1, 0.15) is 5.82 Å². The van der Waals surface area contributed by atoms with Gasteiger partial charge in [-0.15, -0.1) is 0 Å². The summed E-state index contributed by atoms with van der Waals surface area (Å²) in [6.07, 6.45) is -0.205. The number of urea groups is 1. The average molecular weight is 444 g/mol. The highest BCUT2D eigenvalue weighted by Gasteiger charge is 2.30. The van der Waals surface area contributed by atoms with Gasteiger partial charge in [0.2, 0.25) is 0 Å². The van der Waals surface area contributed by atoms with E-state index in [1.165, 1.54) is 30.6 Å². The van der Waals surface area contributed by atoms with E-state index >= 15 is 0 Å². The topological polar surface area (TPSA) is 108 Å². The standard InChI is InChI=1S/C21H19F3N6O2/c1-2-26-20(32)30-18-10-17(28-14-7-5-13(6-8-14)21(22,23)24)16(12-27-18)19(31)29-15-4-3-9-25-11-15/h3-12H,2H2,1H3,(H,29,31)(H3,26,27,28,30,32). The molecule has 0 saturated heterocycles. The van der Waals surface area contributed by atoms with Crippen LogP contribution in [0, 0.1) is 0 Å². The molecular formula is C21H19F3N6O2. The zero-order valence-electron chi connectivity index (χ0n) is 16.8. The van der Waals surface area contributed by atoms with E-state index < -0.39 is 23.7 Å². The minimum Gasteiger partial charge on any atom is -0.355 e.